The molecule has 1 fully saturated rings. The Kier molecular flexibility index (Phi) is 4.91. The van der Waals surface area contributed by atoms with Crippen LogP contribution in [0.25, 0.3) is 6.08 Å². The van der Waals surface area contributed by atoms with Crippen LogP contribution in [0.5, 0.6) is 0 Å². The number of amides is 2. The molecule has 5 nitrogen and oxygen atoms in total. The minimum absolute atomic E-state index is 0.208. The number of cyclic esters (lactones) is 1. The van der Waals surface area contributed by atoms with Gasteiger partial charge in [-0.2, -0.15) is 0 Å². The molecule has 0 spiro atoms. The van der Waals surface area contributed by atoms with E-state index in [1.807, 2.05) is 72.8 Å². The first kappa shape index (κ1) is 15.8. The third-order valence-electron chi connectivity index (χ3n) is 3.67. The summed E-state index contributed by atoms with van der Waals surface area (Å²) in [5, 5.41) is 1.24. The average molecular weight is 322 g/mol. The van der Waals surface area contributed by atoms with E-state index >= 15 is 0 Å². The van der Waals surface area contributed by atoms with Gasteiger partial charge in [-0.25, -0.2) is 9.80 Å². The molecule has 0 aromatic heterocycles. The summed E-state index contributed by atoms with van der Waals surface area (Å²) in [5.74, 6) is -0.252. The van der Waals surface area contributed by atoms with Gasteiger partial charge in [0, 0.05) is 0 Å². The van der Waals surface area contributed by atoms with Crippen molar-refractivity contribution in [1.82, 2.24) is 10.4 Å². The molecule has 5 heteroatoms. The molecule has 1 aliphatic rings. The number of hydrazine groups is 1. The predicted molar refractivity (Wildman–Crippen MR) is 90.7 cm³/mol. The zero-order valence-electron chi connectivity index (χ0n) is 13.1. The van der Waals surface area contributed by atoms with Crippen LogP contribution in [-0.2, 0) is 16.0 Å². The molecular formula is C19H18N2O3. The van der Waals surface area contributed by atoms with Crippen molar-refractivity contribution in [2.75, 3.05) is 6.61 Å². The monoisotopic (exact) mass is 322 g/mol. The van der Waals surface area contributed by atoms with Crippen LogP contribution in [0.15, 0.2) is 66.7 Å². The second kappa shape index (κ2) is 7.46. The smallest absolute Gasteiger partial charge is 0.429 e. The van der Waals surface area contributed by atoms with Crippen LogP contribution in [0.4, 0.5) is 4.79 Å². The van der Waals surface area contributed by atoms with Crippen molar-refractivity contribution in [2.24, 2.45) is 0 Å². The first-order chi connectivity index (χ1) is 11.7. The Labute approximate surface area is 140 Å². The van der Waals surface area contributed by atoms with E-state index in [1.54, 1.807) is 0 Å². The summed E-state index contributed by atoms with van der Waals surface area (Å²) in [5.41, 5.74) is 4.54. The quantitative estimate of drug-likeness (QED) is 0.921. The standard InChI is InChI=1S/C19H18N2O3/c22-18(13-16-9-5-2-6-10-16)20-21-17(14-24-19(21)23)12-11-15-7-3-1-4-8-15/h1-12,17H,13-14H2,(H,20,22)/b12-11+. The van der Waals surface area contributed by atoms with Crippen molar-refractivity contribution < 1.29 is 14.3 Å². The van der Waals surface area contributed by atoms with E-state index in [1.165, 1.54) is 5.01 Å². The van der Waals surface area contributed by atoms with E-state index in [2.05, 4.69) is 5.43 Å². The Hall–Kier alpha value is -3.08. The summed E-state index contributed by atoms with van der Waals surface area (Å²) in [6, 6.07) is 18.8. The molecule has 3 rings (SSSR count). The number of nitrogens with zero attached hydrogens (tertiary/aromatic N) is 1. The lowest BCUT2D eigenvalue weighted by atomic mass is 10.1. The highest BCUT2D eigenvalue weighted by molar-refractivity contribution is 5.82. The number of hydrogen-bond donors (Lipinski definition) is 1. The molecule has 24 heavy (non-hydrogen) atoms. The van der Waals surface area contributed by atoms with Gasteiger partial charge < -0.3 is 4.74 Å². The van der Waals surface area contributed by atoms with E-state index in [9.17, 15) is 9.59 Å². The molecule has 1 unspecified atom stereocenters. The summed E-state index contributed by atoms with van der Waals surface area (Å²) >= 11 is 0. The van der Waals surface area contributed by atoms with Gasteiger partial charge in [0.15, 0.2) is 0 Å². The molecule has 0 bridgehead atoms. The van der Waals surface area contributed by atoms with Crippen LogP contribution in [0, 0.1) is 0 Å². The molecule has 0 saturated carbocycles. The van der Waals surface area contributed by atoms with Gasteiger partial charge in [-0.1, -0.05) is 72.8 Å². The number of hydrogen-bond acceptors (Lipinski definition) is 3. The Morgan fingerprint density at radius 3 is 2.50 bits per heavy atom. The molecule has 0 aliphatic carbocycles. The van der Waals surface area contributed by atoms with Crippen LogP contribution in [0.2, 0.25) is 0 Å². The van der Waals surface area contributed by atoms with Crippen LogP contribution in [-0.4, -0.2) is 29.7 Å². The third-order valence-corrected chi connectivity index (χ3v) is 3.67. The highest BCUT2D eigenvalue weighted by Crippen LogP contribution is 2.13. The number of carbonyl (C=O) groups excluding carboxylic acids is 2. The maximum absolute atomic E-state index is 12.1. The summed E-state index contributed by atoms with van der Waals surface area (Å²) in [6.07, 6.45) is 3.42. The molecule has 1 aliphatic heterocycles. The fourth-order valence-corrected chi connectivity index (χ4v) is 2.45. The van der Waals surface area contributed by atoms with Crippen molar-refractivity contribution in [3.63, 3.8) is 0 Å². The van der Waals surface area contributed by atoms with Crippen LogP contribution < -0.4 is 5.43 Å². The van der Waals surface area contributed by atoms with E-state index in [0.717, 1.165) is 11.1 Å². The molecule has 1 N–H and O–H groups in total. The van der Waals surface area contributed by atoms with Gasteiger partial charge in [-0.05, 0) is 11.1 Å². The van der Waals surface area contributed by atoms with E-state index < -0.39 is 6.09 Å². The SMILES string of the molecule is O=C(Cc1ccccc1)NN1C(=O)OCC1/C=C/c1ccccc1. The largest absolute Gasteiger partial charge is 0.446 e. The number of ether oxygens (including phenoxy) is 1. The van der Waals surface area contributed by atoms with Crippen molar-refractivity contribution in [3.8, 4) is 0 Å². The molecule has 1 atom stereocenters. The number of rotatable bonds is 5. The zero-order chi connectivity index (χ0) is 16.8. The van der Waals surface area contributed by atoms with Gasteiger partial charge in [0.2, 0.25) is 5.91 Å². The van der Waals surface area contributed by atoms with Crippen molar-refractivity contribution in [3.05, 3.63) is 77.9 Å². The number of carbonyl (C=O) groups is 2. The van der Waals surface area contributed by atoms with Crippen LogP contribution >= 0.6 is 0 Å². The molecular weight excluding hydrogens is 304 g/mol. The van der Waals surface area contributed by atoms with Gasteiger partial charge in [0.25, 0.3) is 0 Å². The van der Waals surface area contributed by atoms with E-state index in [-0.39, 0.29) is 25.0 Å². The molecule has 1 saturated heterocycles. The van der Waals surface area contributed by atoms with Crippen molar-refractivity contribution >= 4 is 18.1 Å². The molecule has 2 aromatic rings. The topological polar surface area (TPSA) is 58.6 Å². The number of benzene rings is 2. The molecule has 0 radical (unpaired) electrons. The summed E-state index contributed by atoms with van der Waals surface area (Å²) in [4.78, 5) is 24.0. The fourth-order valence-electron chi connectivity index (χ4n) is 2.45. The van der Waals surface area contributed by atoms with E-state index in [4.69, 9.17) is 4.74 Å². The van der Waals surface area contributed by atoms with Gasteiger partial charge in [0.05, 0.1) is 6.42 Å². The summed E-state index contributed by atoms with van der Waals surface area (Å²) in [7, 11) is 0. The molecule has 2 aromatic carbocycles. The first-order valence-corrected chi connectivity index (χ1v) is 7.75. The third kappa shape index (κ3) is 4.01. The average Bonchev–Trinajstić information content (AvgIpc) is 2.95. The summed E-state index contributed by atoms with van der Waals surface area (Å²) in [6.45, 7) is 0.216. The Morgan fingerprint density at radius 1 is 1.12 bits per heavy atom. The Morgan fingerprint density at radius 2 is 1.79 bits per heavy atom. The fraction of sp³-hybridized carbons (Fsp3) is 0.158. The van der Waals surface area contributed by atoms with Crippen molar-refractivity contribution in [1.29, 1.82) is 0 Å². The zero-order valence-corrected chi connectivity index (χ0v) is 13.1. The minimum Gasteiger partial charge on any atom is -0.446 e. The van der Waals surface area contributed by atoms with Gasteiger partial charge >= 0.3 is 6.09 Å². The van der Waals surface area contributed by atoms with Gasteiger partial charge in [-0.15, -0.1) is 0 Å². The predicted octanol–water partition coefficient (Wildman–Crippen LogP) is 2.79. The second-order valence-corrected chi connectivity index (χ2v) is 5.48. The second-order valence-electron chi connectivity index (χ2n) is 5.48. The molecule has 2 amide bonds. The molecule has 1 heterocycles. The highest BCUT2D eigenvalue weighted by atomic mass is 16.6. The normalized spacial score (nSPS) is 17.1. The number of nitrogens with one attached hydrogen (secondary N) is 1. The Bertz CT molecular complexity index is 729. The van der Waals surface area contributed by atoms with Gasteiger partial charge in [0.1, 0.15) is 12.6 Å². The summed E-state index contributed by atoms with van der Waals surface area (Å²) < 4.78 is 5.04. The lowest BCUT2D eigenvalue weighted by Gasteiger charge is -2.19. The maximum Gasteiger partial charge on any atom is 0.429 e. The van der Waals surface area contributed by atoms with Crippen molar-refractivity contribution in [2.45, 2.75) is 12.5 Å². The minimum atomic E-state index is -0.542. The molecule has 122 valence electrons. The highest BCUT2D eigenvalue weighted by Gasteiger charge is 2.32. The lowest BCUT2D eigenvalue weighted by molar-refractivity contribution is -0.124. The van der Waals surface area contributed by atoms with Crippen LogP contribution in [0.3, 0.4) is 0 Å². The van der Waals surface area contributed by atoms with Crippen LogP contribution in [0.1, 0.15) is 11.1 Å². The van der Waals surface area contributed by atoms with Gasteiger partial charge in [-0.3, -0.25) is 10.2 Å². The van der Waals surface area contributed by atoms with E-state index in [0.29, 0.717) is 0 Å². The first-order valence-electron chi connectivity index (χ1n) is 7.75. The lowest BCUT2D eigenvalue weighted by Crippen LogP contribution is -2.47. The maximum atomic E-state index is 12.1. The Balaban J connectivity index is 1.63.